The number of hydrogen-bond donors (Lipinski definition) is 1. The quantitative estimate of drug-likeness (QED) is 0.508. The summed E-state index contributed by atoms with van der Waals surface area (Å²) in [7, 11) is -2.99. The van der Waals surface area contributed by atoms with Crippen LogP contribution in [-0.2, 0) is 23.4 Å². The van der Waals surface area contributed by atoms with E-state index >= 15 is 0 Å². The molecule has 2 atom stereocenters. The Hall–Kier alpha value is -1.00. The van der Waals surface area contributed by atoms with Crippen LogP contribution in [0, 0.1) is 0 Å². The second kappa shape index (κ2) is 4.79. The van der Waals surface area contributed by atoms with Gasteiger partial charge in [0.15, 0.2) is 0 Å². The van der Waals surface area contributed by atoms with Crippen LogP contribution in [-0.4, -0.2) is 22.9 Å². The first-order chi connectivity index (χ1) is 5.43. The second-order valence-corrected chi connectivity index (χ2v) is 2.56. The molecule has 0 spiro atoms. The van der Waals surface area contributed by atoms with E-state index in [9.17, 15) is 14.2 Å². The van der Waals surface area contributed by atoms with E-state index in [2.05, 4.69) is 9.26 Å². The van der Waals surface area contributed by atoms with Crippen molar-refractivity contribution in [2.45, 2.75) is 20.0 Å². The highest BCUT2D eigenvalue weighted by molar-refractivity contribution is 7.32. The fraction of sp³-hybridized carbons (Fsp3) is 0.600. The summed E-state index contributed by atoms with van der Waals surface area (Å²) in [4.78, 5) is 29.1. The molecule has 0 saturated carbocycles. The fourth-order valence-corrected chi connectivity index (χ4v) is 0.751. The normalized spacial score (nSPS) is 13.1. The number of rotatable bonds is 3. The molecule has 68 valence electrons. The molecule has 0 saturated heterocycles. The lowest BCUT2D eigenvalue weighted by atomic mass is 10.4. The van der Waals surface area contributed by atoms with Gasteiger partial charge in [0.2, 0.25) is 6.10 Å². The van der Waals surface area contributed by atoms with Gasteiger partial charge in [-0.25, -0.2) is 4.79 Å². The average molecular weight is 195 g/mol. The van der Waals surface area contributed by atoms with E-state index in [1.54, 1.807) is 0 Å². The molecule has 12 heavy (non-hydrogen) atoms. The molecule has 7 heteroatoms. The van der Waals surface area contributed by atoms with Crippen LogP contribution in [0.2, 0.25) is 0 Å². The second-order valence-electron chi connectivity index (χ2n) is 1.90. The van der Waals surface area contributed by atoms with Crippen LogP contribution >= 0.6 is 8.25 Å². The third-order valence-electron chi connectivity index (χ3n) is 0.843. The van der Waals surface area contributed by atoms with Crippen LogP contribution in [0.1, 0.15) is 13.8 Å². The van der Waals surface area contributed by atoms with Crippen LogP contribution in [0.25, 0.3) is 0 Å². The zero-order valence-electron chi connectivity index (χ0n) is 6.51. The summed E-state index contributed by atoms with van der Waals surface area (Å²) < 4.78 is 18.2. The first kappa shape index (κ1) is 11.0. The van der Waals surface area contributed by atoms with Crippen molar-refractivity contribution in [2.75, 3.05) is 0 Å². The maximum atomic E-state index is 10.6. The van der Waals surface area contributed by atoms with E-state index in [1.165, 1.54) is 6.92 Å². The summed E-state index contributed by atoms with van der Waals surface area (Å²) in [6.07, 6.45) is -1.16. The van der Waals surface area contributed by atoms with Gasteiger partial charge in [-0.05, 0) is 6.92 Å². The summed E-state index contributed by atoms with van der Waals surface area (Å²) >= 11 is 0. The number of carbonyl (C=O) groups is 2. The van der Waals surface area contributed by atoms with Gasteiger partial charge in [0.25, 0.3) is 0 Å². The predicted molar refractivity (Wildman–Crippen MR) is 37.1 cm³/mol. The Bertz CT molecular complexity index is 212. The number of ether oxygens (including phenoxy) is 1. The average Bonchev–Trinajstić information content (AvgIpc) is 1.84. The van der Waals surface area contributed by atoms with Crippen molar-refractivity contribution in [1.29, 1.82) is 0 Å². The highest BCUT2D eigenvalue weighted by atomic mass is 31.1. The molecular weight excluding hydrogens is 187 g/mol. The highest BCUT2D eigenvalue weighted by Crippen LogP contribution is 2.16. The molecule has 0 aromatic carbocycles. The van der Waals surface area contributed by atoms with Gasteiger partial charge in [-0.3, -0.25) is 4.79 Å². The van der Waals surface area contributed by atoms with Gasteiger partial charge in [0.05, 0.1) is 0 Å². The van der Waals surface area contributed by atoms with Gasteiger partial charge < -0.3 is 4.74 Å². The van der Waals surface area contributed by atoms with Crippen molar-refractivity contribution in [3.63, 3.8) is 0 Å². The van der Waals surface area contributed by atoms with Gasteiger partial charge >= 0.3 is 20.2 Å². The molecule has 0 aliphatic carbocycles. The van der Waals surface area contributed by atoms with Gasteiger partial charge in [0, 0.05) is 11.5 Å². The van der Waals surface area contributed by atoms with Crippen molar-refractivity contribution in [1.82, 2.24) is 0 Å². The monoisotopic (exact) mass is 195 g/mol. The largest absolute Gasteiger partial charge is 0.750 e. The Balaban J connectivity index is 3.93. The van der Waals surface area contributed by atoms with Crippen molar-refractivity contribution in [3.8, 4) is 0 Å². The number of hydrogen-bond acceptors (Lipinski definition) is 5. The van der Waals surface area contributed by atoms with Crippen LogP contribution in [0.15, 0.2) is 0 Å². The van der Waals surface area contributed by atoms with Crippen molar-refractivity contribution < 1.29 is 28.3 Å². The number of carbonyl (C=O) groups excluding carboxylic acids is 2. The molecule has 0 fully saturated rings. The Morgan fingerprint density at radius 3 is 2.33 bits per heavy atom. The lowest BCUT2D eigenvalue weighted by Crippen LogP contribution is -2.23. The molecule has 0 bridgehead atoms. The van der Waals surface area contributed by atoms with Crippen molar-refractivity contribution >= 4 is 20.2 Å². The molecule has 0 aliphatic rings. The minimum Gasteiger partial charge on any atom is -0.451 e. The Labute approximate surface area is 69.4 Å². The minimum absolute atomic E-state index is 0.660. The van der Waals surface area contributed by atoms with Gasteiger partial charge in [0.1, 0.15) is 0 Å². The molecule has 0 radical (unpaired) electrons. The fourth-order valence-electron chi connectivity index (χ4n) is 0.448. The third kappa shape index (κ3) is 4.76. The van der Waals surface area contributed by atoms with Crippen molar-refractivity contribution in [2.24, 2.45) is 0 Å². The van der Waals surface area contributed by atoms with Crippen molar-refractivity contribution in [3.05, 3.63) is 0 Å². The molecule has 0 amide bonds. The topological polar surface area (TPSA) is 89.9 Å². The molecular formula is C5H8O6P+. The summed E-state index contributed by atoms with van der Waals surface area (Å²) in [6, 6.07) is 0. The molecule has 0 rings (SSSR count). The zero-order valence-corrected chi connectivity index (χ0v) is 7.41. The Morgan fingerprint density at radius 1 is 1.50 bits per heavy atom. The number of esters is 1. The zero-order chi connectivity index (χ0) is 9.72. The smallest absolute Gasteiger partial charge is 0.451 e. The first-order valence-corrected chi connectivity index (χ1v) is 4.11. The van der Waals surface area contributed by atoms with E-state index in [0.29, 0.717) is 0 Å². The minimum atomic E-state index is -2.99. The van der Waals surface area contributed by atoms with Gasteiger partial charge in [-0.1, -0.05) is 0 Å². The molecule has 0 heterocycles. The summed E-state index contributed by atoms with van der Waals surface area (Å²) in [5, 5.41) is 0. The maximum Gasteiger partial charge on any atom is 0.750 e. The van der Waals surface area contributed by atoms with E-state index in [4.69, 9.17) is 4.89 Å². The van der Waals surface area contributed by atoms with E-state index in [-0.39, 0.29) is 0 Å². The van der Waals surface area contributed by atoms with Crippen LogP contribution in [0.4, 0.5) is 0 Å². The maximum absolute atomic E-state index is 10.6. The van der Waals surface area contributed by atoms with E-state index in [0.717, 1.165) is 6.92 Å². The van der Waals surface area contributed by atoms with Crippen LogP contribution < -0.4 is 0 Å². The standard InChI is InChI=1S/C5H7O6P/c1-3(10-4(2)6)5(7)11-12(8)9/h3H,1-2H3/p+1/t3-/m0/s1. The molecule has 0 aromatic rings. The Kier molecular flexibility index (Phi) is 4.39. The SMILES string of the molecule is CC(=O)O[C@@H](C)C(=O)O[P+](=O)O. The van der Waals surface area contributed by atoms with Gasteiger partial charge in [-0.2, -0.15) is 4.52 Å². The lowest BCUT2D eigenvalue weighted by Gasteiger charge is -2.04. The molecule has 1 N–H and O–H groups in total. The van der Waals surface area contributed by atoms with E-state index < -0.39 is 26.3 Å². The Morgan fingerprint density at radius 2 is 2.00 bits per heavy atom. The predicted octanol–water partition coefficient (Wildman–Crippen LogP) is 0.131. The van der Waals surface area contributed by atoms with E-state index in [1.807, 2.05) is 0 Å². The van der Waals surface area contributed by atoms with Crippen LogP contribution in [0.3, 0.4) is 0 Å². The highest BCUT2D eigenvalue weighted by Gasteiger charge is 2.27. The summed E-state index contributed by atoms with van der Waals surface area (Å²) in [6.45, 7) is 2.35. The summed E-state index contributed by atoms with van der Waals surface area (Å²) in [5.74, 6) is -1.71. The first-order valence-electron chi connectivity index (χ1n) is 2.98. The lowest BCUT2D eigenvalue weighted by molar-refractivity contribution is -0.159. The molecule has 1 unspecified atom stereocenters. The molecule has 0 aromatic heterocycles. The third-order valence-corrected chi connectivity index (χ3v) is 1.18. The molecule has 6 nitrogen and oxygen atoms in total. The summed E-state index contributed by atoms with van der Waals surface area (Å²) in [5.41, 5.74) is 0. The molecule has 0 aliphatic heterocycles. The van der Waals surface area contributed by atoms with Crippen LogP contribution in [0.5, 0.6) is 0 Å². The van der Waals surface area contributed by atoms with Gasteiger partial charge in [-0.15, -0.1) is 4.89 Å².